The van der Waals surface area contributed by atoms with Crippen molar-refractivity contribution in [3.05, 3.63) is 29.3 Å². The molecule has 0 saturated carbocycles. The number of nitrogens with zero attached hydrogens (tertiary/aromatic N) is 2. The quantitative estimate of drug-likeness (QED) is 0.791. The molecule has 1 aliphatic rings. The summed E-state index contributed by atoms with van der Waals surface area (Å²) in [5.41, 5.74) is -1.77. The van der Waals surface area contributed by atoms with Crippen LogP contribution in [0.15, 0.2) is 18.2 Å². The van der Waals surface area contributed by atoms with Crippen LogP contribution in [0.1, 0.15) is 25.0 Å². The second-order valence-electron chi connectivity index (χ2n) is 5.71. The predicted octanol–water partition coefficient (Wildman–Crippen LogP) is 3.68. The summed E-state index contributed by atoms with van der Waals surface area (Å²) in [5.74, 6) is -3.48. The minimum atomic E-state index is -4.76. The van der Waals surface area contributed by atoms with E-state index in [1.807, 2.05) is 0 Å². The van der Waals surface area contributed by atoms with Gasteiger partial charge in [0.05, 0.1) is 23.7 Å². The van der Waals surface area contributed by atoms with Crippen molar-refractivity contribution < 1.29 is 26.7 Å². The van der Waals surface area contributed by atoms with Gasteiger partial charge in [0.2, 0.25) is 0 Å². The van der Waals surface area contributed by atoms with Crippen LogP contribution in [0.3, 0.4) is 0 Å². The van der Waals surface area contributed by atoms with Crippen molar-refractivity contribution >= 4 is 0 Å². The van der Waals surface area contributed by atoms with E-state index >= 15 is 0 Å². The van der Waals surface area contributed by atoms with Crippen molar-refractivity contribution in [3.8, 4) is 11.8 Å². The highest BCUT2D eigenvalue weighted by atomic mass is 19.4. The number of halogens is 5. The number of hydrogen-bond donors (Lipinski definition) is 0. The smallest absolute Gasteiger partial charge is 0.417 e. The molecule has 0 bridgehead atoms. The highest BCUT2D eigenvalue weighted by Gasteiger charge is 2.50. The Kier molecular flexibility index (Phi) is 4.53. The first-order valence-corrected chi connectivity index (χ1v) is 6.94. The summed E-state index contributed by atoms with van der Waals surface area (Å²) in [7, 11) is 0. The van der Waals surface area contributed by atoms with Crippen molar-refractivity contribution in [2.45, 2.75) is 38.1 Å². The van der Waals surface area contributed by atoms with E-state index in [0.29, 0.717) is 6.07 Å². The molecule has 1 heterocycles. The van der Waals surface area contributed by atoms with Crippen LogP contribution < -0.4 is 4.74 Å². The molecule has 0 radical (unpaired) electrons. The second-order valence-corrected chi connectivity index (χ2v) is 5.71. The second kappa shape index (κ2) is 5.96. The standard InChI is InChI=1S/C15H15F5N2O/c1-9(2)22-7-13(14(16,17)8-22)23-11-4-3-10(6-21)12(5-11)15(18,19)20/h3-5,9,13H,7-8H2,1-2H3/t13-/m0/s1. The van der Waals surface area contributed by atoms with Crippen molar-refractivity contribution in [1.82, 2.24) is 4.90 Å². The van der Waals surface area contributed by atoms with Gasteiger partial charge in [-0.05, 0) is 32.0 Å². The molecule has 1 saturated heterocycles. The highest BCUT2D eigenvalue weighted by molar-refractivity contribution is 5.44. The number of benzene rings is 1. The van der Waals surface area contributed by atoms with E-state index in [9.17, 15) is 22.0 Å². The Hall–Kier alpha value is -1.88. The zero-order valence-corrected chi connectivity index (χ0v) is 12.5. The van der Waals surface area contributed by atoms with Crippen molar-refractivity contribution in [2.24, 2.45) is 0 Å². The molecule has 8 heteroatoms. The van der Waals surface area contributed by atoms with Crippen LogP contribution in [0.2, 0.25) is 0 Å². The minimum Gasteiger partial charge on any atom is -0.483 e. The van der Waals surface area contributed by atoms with Crippen molar-refractivity contribution in [1.29, 1.82) is 5.26 Å². The average Bonchev–Trinajstić information content (AvgIpc) is 2.73. The molecule has 0 aliphatic carbocycles. The Morgan fingerprint density at radius 2 is 2.00 bits per heavy atom. The summed E-state index contributed by atoms with van der Waals surface area (Å²) in [5, 5.41) is 8.72. The molecule has 0 amide bonds. The van der Waals surface area contributed by atoms with E-state index in [2.05, 4.69) is 0 Å². The number of alkyl halides is 5. The van der Waals surface area contributed by atoms with Crippen LogP contribution >= 0.6 is 0 Å². The predicted molar refractivity (Wildman–Crippen MR) is 72.2 cm³/mol. The molecule has 0 unspecified atom stereocenters. The normalized spacial score (nSPS) is 21.4. The molecule has 3 nitrogen and oxygen atoms in total. The molecule has 23 heavy (non-hydrogen) atoms. The van der Waals surface area contributed by atoms with Crippen molar-refractivity contribution in [2.75, 3.05) is 13.1 Å². The number of rotatable bonds is 3. The monoisotopic (exact) mass is 334 g/mol. The van der Waals surface area contributed by atoms with Crippen LogP contribution in [0.25, 0.3) is 0 Å². The summed E-state index contributed by atoms with van der Waals surface area (Å²) in [6.07, 6.45) is -6.29. The minimum absolute atomic E-state index is 0.0774. The fourth-order valence-corrected chi connectivity index (χ4v) is 2.39. The van der Waals surface area contributed by atoms with Gasteiger partial charge in [-0.1, -0.05) is 0 Å². The lowest BCUT2D eigenvalue weighted by atomic mass is 10.1. The molecule has 126 valence electrons. The molecule has 1 atom stereocenters. The third-order valence-electron chi connectivity index (χ3n) is 3.71. The SMILES string of the molecule is CC(C)N1C[C@H](Oc2ccc(C#N)c(C(F)(F)F)c2)C(F)(F)C1. The number of hydrogen-bond acceptors (Lipinski definition) is 3. The Balaban J connectivity index is 2.26. The molecule has 0 spiro atoms. The topological polar surface area (TPSA) is 36.3 Å². The summed E-state index contributed by atoms with van der Waals surface area (Å²) >= 11 is 0. The first-order chi connectivity index (χ1) is 10.5. The summed E-state index contributed by atoms with van der Waals surface area (Å²) in [6, 6.07) is 3.92. The molecule has 0 aromatic heterocycles. The lowest BCUT2D eigenvalue weighted by Crippen LogP contribution is -2.36. The first kappa shape index (κ1) is 17.5. The van der Waals surface area contributed by atoms with Gasteiger partial charge < -0.3 is 4.74 Å². The molecule has 1 aliphatic heterocycles. The zero-order chi connectivity index (χ0) is 17.4. The third kappa shape index (κ3) is 3.72. The van der Waals surface area contributed by atoms with Crippen LogP contribution in [-0.2, 0) is 6.18 Å². The van der Waals surface area contributed by atoms with Gasteiger partial charge in [-0.3, -0.25) is 4.90 Å². The molecule has 1 aromatic rings. The van der Waals surface area contributed by atoms with E-state index in [4.69, 9.17) is 10.00 Å². The first-order valence-electron chi connectivity index (χ1n) is 6.94. The Morgan fingerprint density at radius 3 is 2.48 bits per heavy atom. The summed E-state index contributed by atoms with van der Waals surface area (Å²) in [6.45, 7) is 2.92. The molecule has 0 N–H and O–H groups in total. The number of ether oxygens (including phenoxy) is 1. The van der Waals surface area contributed by atoms with Gasteiger partial charge in [0.15, 0.2) is 6.10 Å². The Morgan fingerprint density at radius 1 is 1.35 bits per heavy atom. The van der Waals surface area contributed by atoms with Gasteiger partial charge >= 0.3 is 6.18 Å². The zero-order valence-electron chi connectivity index (χ0n) is 12.5. The van der Waals surface area contributed by atoms with Gasteiger partial charge in [0.1, 0.15) is 5.75 Å². The van der Waals surface area contributed by atoms with E-state index in [-0.39, 0.29) is 18.3 Å². The average molecular weight is 334 g/mol. The number of likely N-dealkylation sites (tertiary alicyclic amines) is 1. The van der Waals surface area contributed by atoms with E-state index in [0.717, 1.165) is 12.1 Å². The van der Waals surface area contributed by atoms with Crippen LogP contribution in [0.4, 0.5) is 22.0 Å². The van der Waals surface area contributed by atoms with Crippen LogP contribution in [0, 0.1) is 11.3 Å². The maximum absolute atomic E-state index is 13.9. The summed E-state index contributed by atoms with van der Waals surface area (Å²) in [4.78, 5) is 1.50. The highest BCUT2D eigenvalue weighted by Crippen LogP contribution is 2.36. The fourth-order valence-electron chi connectivity index (χ4n) is 2.39. The number of nitriles is 1. The molecule has 1 fully saturated rings. The van der Waals surface area contributed by atoms with E-state index in [1.54, 1.807) is 13.8 Å². The van der Waals surface area contributed by atoms with Gasteiger partial charge in [0, 0.05) is 12.6 Å². The molecular formula is C15H15F5N2O. The largest absolute Gasteiger partial charge is 0.483 e. The van der Waals surface area contributed by atoms with E-state index < -0.39 is 35.9 Å². The lowest BCUT2D eigenvalue weighted by molar-refractivity contribution is -0.138. The van der Waals surface area contributed by atoms with Gasteiger partial charge in [-0.2, -0.15) is 18.4 Å². The molecule has 2 rings (SSSR count). The summed E-state index contributed by atoms with van der Waals surface area (Å²) < 4.78 is 71.7. The third-order valence-corrected chi connectivity index (χ3v) is 3.71. The molecular weight excluding hydrogens is 319 g/mol. The van der Waals surface area contributed by atoms with Crippen LogP contribution in [0.5, 0.6) is 5.75 Å². The van der Waals surface area contributed by atoms with Gasteiger partial charge in [0.25, 0.3) is 5.92 Å². The van der Waals surface area contributed by atoms with Gasteiger partial charge in [-0.25, -0.2) is 8.78 Å². The fraction of sp³-hybridized carbons (Fsp3) is 0.533. The Labute approximate surface area is 130 Å². The maximum Gasteiger partial charge on any atom is 0.417 e. The van der Waals surface area contributed by atoms with Gasteiger partial charge in [-0.15, -0.1) is 0 Å². The van der Waals surface area contributed by atoms with Crippen LogP contribution in [-0.4, -0.2) is 36.1 Å². The Bertz CT molecular complexity index is 621. The van der Waals surface area contributed by atoms with E-state index in [1.165, 1.54) is 11.0 Å². The van der Waals surface area contributed by atoms with Crippen molar-refractivity contribution in [3.63, 3.8) is 0 Å². The molecule has 1 aromatic carbocycles. The maximum atomic E-state index is 13.9. The lowest BCUT2D eigenvalue weighted by Gasteiger charge is -2.20.